The number of nitro groups is 1. The van der Waals surface area contributed by atoms with E-state index >= 15 is 0 Å². The molecule has 0 radical (unpaired) electrons. The van der Waals surface area contributed by atoms with Crippen molar-refractivity contribution in [3.8, 4) is 5.75 Å². The SMILES string of the molecule is O=[N+]([O-])c1cccc(F)c1OC/C=C/CS. The van der Waals surface area contributed by atoms with Crippen LogP contribution in [-0.2, 0) is 0 Å². The molecule has 0 saturated carbocycles. The highest BCUT2D eigenvalue weighted by atomic mass is 32.1. The fraction of sp³-hybridized carbons (Fsp3) is 0.200. The maximum atomic E-state index is 13.3. The zero-order valence-corrected chi connectivity index (χ0v) is 9.19. The van der Waals surface area contributed by atoms with E-state index in [9.17, 15) is 14.5 Å². The van der Waals surface area contributed by atoms with Crippen LogP contribution in [0.3, 0.4) is 0 Å². The fourth-order valence-electron chi connectivity index (χ4n) is 1.06. The summed E-state index contributed by atoms with van der Waals surface area (Å²) in [6.07, 6.45) is 3.32. The number of para-hydroxylation sites is 1. The Bertz CT molecular complexity index is 409. The quantitative estimate of drug-likeness (QED) is 0.374. The van der Waals surface area contributed by atoms with Gasteiger partial charge in [0, 0.05) is 11.8 Å². The van der Waals surface area contributed by atoms with Gasteiger partial charge in [-0.3, -0.25) is 10.1 Å². The molecule has 0 saturated heterocycles. The zero-order chi connectivity index (χ0) is 12.0. The van der Waals surface area contributed by atoms with Gasteiger partial charge in [-0.15, -0.1) is 0 Å². The predicted molar refractivity (Wildman–Crippen MR) is 61.5 cm³/mol. The van der Waals surface area contributed by atoms with Crippen molar-refractivity contribution < 1.29 is 14.1 Å². The van der Waals surface area contributed by atoms with E-state index in [4.69, 9.17) is 4.74 Å². The first-order valence-corrected chi connectivity index (χ1v) is 5.11. The van der Waals surface area contributed by atoms with Gasteiger partial charge in [-0.05, 0) is 6.07 Å². The minimum Gasteiger partial charge on any atom is -0.481 e. The summed E-state index contributed by atoms with van der Waals surface area (Å²) < 4.78 is 18.2. The average Bonchev–Trinajstić information content (AvgIpc) is 2.25. The lowest BCUT2D eigenvalue weighted by molar-refractivity contribution is -0.386. The summed E-state index contributed by atoms with van der Waals surface area (Å²) >= 11 is 3.93. The first-order valence-electron chi connectivity index (χ1n) is 4.48. The minimum atomic E-state index is -0.742. The molecule has 0 amide bonds. The lowest BCUT2D eigenvalue weighted by atomic mass is 10.3. The highest BCUT2D eigenvalue weighted by molar-refractivity contribution is 7.80. The van der Waals surface area contributed by atoms with Gasteiger partial charge in [0.25, 0.3) is 0 Å². The molecular weight excluding hydrogens is 233 g/mol. The molecule has 1 aromatic rings. The monoisotopic (exact) mass is 243 g/mol. The van der Waals surface area contributed by atoms with E-state index in [1.54, 1.807) is 12.2 Å². The van der Waals surface area contributed by atoms with Crippen molar-refractivity contribution in [2.75, 3.05) is 12.4 Å². The molecule has 0 aromatic heterocycles. The molecule has 16 heavy (non-hydrogen) atoms. The molecule has 0 fully saturated rings. The highest BCUT2D eigenvalue weighted by Crippen LogP contribution is 2.29. The molecule has 0 aliphatic rings. The van der Waals surface area contributed by atoms with Gasteiger partial charge < -0.3 is 4.74 Å². The summed E-state index contributed by atoms with van der Waals surface area (Å²) in [6.45, 7) is 0.0718. The van der Waals surface area contributed by atoms with Crippen LogP contribution in [0.25, 0.3) is 0 Å². The first-order chi connectivity index (χ1) is 7.66. The maximum Gasteiger partial charge on any atom is 0.314 e. The number of hydrogen-bond acceptors (Lipinski definition) is 4. The molecule has 0 spiro atoms. The van der Waals surface area contributed by atoms with E-state index in [0.29, 0.717) is 5.75 Å². The zero-order valence-electron chi connectivity index (χ0n) is 8.30. The van der Waals surface area contributed by atoms with Crippen LogP contribution >= 0.6 is 12.6 Å². The molecule has 0 heterocycles. The largest absolute Gasteiger partial charge is 0.481 e. The van der Waals surface area contributed by atoms with Crippen molar-refractivity contribution in [2.45, 2.75) is 0 Å². The van der Waals surface area contributed by atoms with Crippen LogP contribution in [0.2, 0.25) is 0 Å². The van der Waals surface area contributed by atoms with Crippen molar-refractivity contribution in [3.63, 3.8) is 0 Å². The normalized spacial score (nSPS) is 10.6. The number of hydrogen-bond donors (Lipinski definition) is 1. The molecule has 0 bridgehead atoms. The second-order valence-corrected chi connectivity index (χ2v) is 3.18. The Morgan fingerprint density at radius 1 is 1.50 bits per heavy atom. The Balaban J connectivity index is 2.84. The predicted octanol–water partition coefficient (Wildman–Crippen LogP) is 2.60. The molecule has 0 atom stereocenters. The van der Waals surface area contributed by atoms with Gasteiger partial charge in [0.2, 0.25) is 5.75 Å². The number of halogens is 1. The average molecular weight is 243 g/mol. The highest BCUT2D eigenvalue weighted by Gasteiger charge is 2.18. The Morgan fingerprint density at radius 3 is 2.88 bits per heavy atom. The Kier molecular flexibility index (Phi) is 4.78. The fourth-order valence-corrected chi connectivity index (χ4v) is 1.21. The molecule has 1 aromatic carbocycles. The van der Waals surface area contributed by atoms with Gasteiger partial charge in [0.05, 0.1) is 4.92 Å². The molecule has 0 unspecified atom stereocenters. The number of benzene rings is 1. The minimum absolute atomic E-state index is 0.0718. The number of ether oxygens (including phenoxy) is 1. The van der Waals surface area contributed by atoms with Crippen LogP contribution in [0.15, 0.2) is 30.4 Å². The third-order valence-electron chi connectivity index (χ3n) is 1.74. The van der Waals surface area contributed by atoms with Crippen LogP contribution in [-0.4, -0.2) is 17.3 Å². The molecular formula is C10H10FNO3S. The number of rotatable bonds is 5. The topological polar surface area (TPSA) is 52.4 Å². The third-order valence-corrected chi connectivity index (χ3v) is 1.95. The maximum absolute atomic E-state index is 13.3. The Morgan fingerprint density at radius 2 is 2.25 bits per heavy atom. The van der Waals surface area contributed by atoms with Crippen molar-refractivity contribution in [2.24, 2.45) is 0 Å². The summed E-state index contributed by atoms with van der Waals surface area (Å²) in [6, 6.07) is 3.58. The van der Waals surface area contributed by atoms with Crippen molar-refractivity contribution in [1.82, 2.24) is 0 Å². The van der Waals surface area contributed by atoms with Crippen molar-refractivity contribution >= 4 is 18.3 Å². The summed E-state index contributed by atoms with van der Waals surface area (Å²) in [5.74, 6) is -0.548. The van der Waals surface area contributed by atoms with E-state index in [1.165, 1.54) is 12.1 Å². The summed E-state index contributed by atoms with van der Waals surface area (Å²) in [5, 5.41) is 10.6. The second-order valence-electron chi connectivity index (χ2n) is 2.81. The molecule has 0 aliphatic heterocycles. The Hall–Kier alpha value is -1.56. The summed E-state index contributed by atoms with van der Waals surface area (Å²) in [5.41, 5.74) is -0.376. The Labute approximate surface area is 97.3 Å². The van der Waals surface area contributed by atoms with Gasteiger partial charge in [0.1, 0.15) is 6.61 Å². The standard InChI is InChI=1S/C10H10FNO3S/c11-8-4-3-5-9(12(13)14)10(8)15-6-1-2-7-16/h1-5,16H,6-7H2/b2-1+. The second kappa shape index (κ2) is 6.12. The van der Waals surface area contributed by atoms with Crippen molar-refractivity contribution in [3.05, 3.63) is 46.3 Å². The number of thiol groups is 1. The molecule has 4 nitrogen and oxygen atoms in total. The van der Waals surface area contributed by atoms with E-state index in [1.807, 2.05) is 0 Å². The van der Waals surface area contributed by atoms with Gasteiger partial charge >= 0.3 is 5.69 Å². The van der Waals surface area contributed by atoms with Gasteiger partial charge in [-0.1, -0.05) is 18.2 Å². The van der Waals surface area contributed by atoms with Crippen LogP contribution in [0, 0.1) is 15.9 Å². The molecule has 86 valence electrons. The summed E-state index contributed by atoms with van der Waals surface area (Å²) in [4.78, 5) is 9.91. The van der Waals surface area contributed by atoms with Gasteiger partial charge in [0.15, 0.2) is 5.82 Å². The number of nitro benzene ring substituents is 1. The van der Waals surface area contributed by atoms with E-state index in [0.717, 1.165) is 6.07 Å². The van der Waals surface area contributed by atoms with E-state index in [-0.39, 0.29) is 18.0 Å². The van der Waals surface area contributed by atoms with Crippen LogP contribution in [0.4, 0.5) is 10.1 Å². The smallest absolute Gasteiger partial charge is 0.314 e. The van der Waals surface area contributed by atoms with Crippen LogP contribution in [0.1, 0.15) is 0 Å². The first kappa shape index (κ1) is 12.5. The molecule has 0 aliphatic carbocycles. The number of nitrogens with zero attached hydrogens (tertiary/aromatic N) is 1. The molecule has 1 rings (SSSR count). The van der Waals surface area contributed by atoms with Crippen LogP contribution < -0.4 is 4.74 Å². The van der Waals surface area contributed by atoms with Gasteiger partial charge in [-0.2, -0.15) is 12.6 Å². The van der Waals surface area contributed by atoms with E-state index in [2.05, 4.69) is 12.6 Å². The summed E-state index contributed by atoms with van der Waals surface area (Å²) in [7, 11) is 0. The van der Waals surface area contributed by atoms with Crippen LogP contribution in [0.5, 0.6) is 5.75 Å². The molecule has 0 N–H and O–H groups in total. The van der Waals surface area contributed by atoms with Crippen molar-refractivity contribution in [1.29, 1.82) is 0 Å². The lowest BCUT2D eigenvalue weighted by Crippen LogP contribution is -2.00. The van der Waals surface area contributed by atoms with Gasteiger partial charge in [-0.25, -0.2) is 4.39 Å². The molecule has 6 heteroatoms. The lowest BCUT2D eigenvalue weighted by Gasteiger charge is -2.04. The van der Waals surface area contributed by atoms with E-state index < -0.39 is 10.7 Å². The third kappa shape index (κ3) is 3.23.